The van der Waals surface area contributed by atoms with Crippen molar-refractivity contribution in [1.82, 2.24) is 30.8 Å². The first-order valence-electron chi connectivity index (χ1n) is 19.1. The number of nitrogens with zero attached hydrogens (tertiary/aromatic N) is 2. The fourth-order valence-corrected chi connectivity index (χ4v) is 6.74. The summed E-state index contributed by atoms with van der Waals surface area (Å²) in [4.78, 5) is 79.6. The number of aliphatic hydroxyl groups excluding tert-OH is 1. The zero-order valence-corrected chi connectivity index (χ0v) is 32.6. The molecule has 2 aliphatic heterocycles. The molecule has 6 rings (SSSR count). The summed E-state index contributed by atoms with van der Waals surface area (Å²) in [5.41, 5.74) is 9.49. The Hall–Kier alpha value is -6.04. The summed E-state index contributed by atoms with van der Waals surface area (Å²) in [5.74, 6) is -3.48. The lowest BCUT2D eigenvalue weighted by Crippen LogP contribution is -2.52. The van der Waals surface area contributed by atoms with E-state index in [0.717, 1.165) is 22.1 Å². The molecule has 58 heavy (non-hydrogen) atoms. The van der Waals surface area contributed by atoms with Crippen molar-refractivity contribution >= 4 is 40.5 Å². The van der Waals surface area contributed by atoms with Gasteiger partial charge in [-0.05, 0) is 55.0 Å². The number of rotatable bonds is 16. The molecule has 0 aliphatic carbocycles. The van der Waals surface area contributed by atoms with Crippen molar-refractivity contribution in [1.29, 1.82) is 0 Å². The molecule has 2 aromatic heterocycles. The number of benzene rings is 2. The van der Waals surface area contributed by atoms with Gasteiger partial charge in [0.05, 0.1) is 48.6 Å². The van der Waals surface area contributed by atoms with Gasteiger partial charge in [-0.1, -0.05) is 44.2 Å². The van der Waals surface area contributed by atoms with Crippen LogP contribution in [-0.4, -0.2) is 83.3 Å². The van der Waals surface area contributed by atoms with E-state index in [1.165, 1.54) is 10.6 Å². The van der Waals surface area contributed by atoms with Gasteiger partial charge in [-0.25, -0.2) is 14.2 Å². The van der Waals surface area contributed by atoms with Crippen LogP contribution in [0, 0.1) is 12.7 Å². The fourth-order valence-electron chi connectivity index (χ4n) is 6.74. The predicted octanol–water partition coefficient (Wildman–Crippen LogP) is 1.32. The Morgan fingerprint density at radius 2 is 1.74 bits per heavy atom. The lowest BCUT2D eigenvalue weighted by molar-refractivity contribution is -0.157. The predicted molar refractivity (Wildman–Crippen MR) is 210 cm³/mol. The van der Waals surface area contributed by atoms with E-state index in [2.05, 4.69) is 21.3 Å². The van der Waals surface area contributed by atoms with Crippen molar-refractivity contribution in [3.63, 3.8) is 0 Å². The molecular weight excluding hydrogens is 753 g/mol. The number of hydrogen-bond donors (Lipinski definition) is 6. The van der Waals surface area contributed by atoms with E-state index in [-0.39, 0.29) is 63.7 Å². The van der Waals surface area contributed by atoms with E-state index in [0.29, 0.717) is 41.7 Å². The van der Waals surface area contributed by atoms with Gasteiger partial charge in [0.1, 0.15) is 25.2 Å². The number of hydrogen-bond acceptors (Lipinski definition) is 11. The highest BCUT2D eigenvalue weighted by atomic mass is 19.1. The Morgan fingerprint density at radius 1 is 1.00 bits per heavy atom. The average molecular weight is 802 g/mol. The number of nitrogens with two attached hydrogens (primary N) is 1. The van der Waals surface area contributed by atoms with Crippen LogP contribution in [0.1, 0.15) is 66.2 Å². The van der Waals surface area contributed by atoms with Gasteiger partial charge in [-0.15, -0.1) is 0 Å². The molecule has 0 bridgehead atoms. The molecular formula is C41H48FN7O9. The highest BCUT2D eigenvalue weighted by Crippen LogP contribution is 2.39. The normalized spacial score (nSPS) is 14.2. The molecule has 0 spiro atoms. The quantitative estimate of drug-likeness (QED) is 0.0473. The summed E-state index contributed by atoms with van der Waals surface area (Å²) >= 11 is 0. The highest BCUT2D eigenvalue weighted by molar-refractivity contribution is 5.92. The molecule has 16 nitrogen and oxygen atoms in total. The van der Waals surface area contributed by atoms with Crippen LogP contribution in [0.25, 0.3) is 22.3 Å². The number of carbonyl (C=O) groups excluding carboxylic acids is 5. The van der Waals surface area contributed by atoms with Crippen LogP contribution in [0.5, 0.6) is 0 Å². The number of esters is 1. The second-order valence-corrected chi connectivity index (χ2v) is 13.5. The molecule has 2 aliphatic rings. The molecule has 1 unspecified atom stereocenters. The molecule has 4 aromatic rings. The number of fused-ring (bicyclic) bond motifs is 5. The fraction of sp³-hybridized carbons (Fsp3) is 0.390. The molecule has 0 saturated heterocycles. The second kappa shape index (κ2) is 19.9. The van der Waals surface area contributed by atoms with E-state index in [9.17, 15) is 38.3 Å². The van der Waals surface area contributed by atoms with Crippen molar-refractivity contribution in [3.8, 4) is 11.4 Å². The van der Waals surface area contributed by atoms with Crippen molar-refractivity contribution in [2.24, 2.45) is 5.73 Å². The van der Waals surface area contributed by atoms with Crippen LogP contribution in [0.4, 0.5) is 4.39 Å². The minimum Gasteiger partial charge on any atom is -0.458 e. The molecule has 2 atom stereocenters. The largest absolute Gasteiger partial charge is 0.458 e. The standard InChI is InChI=1S/C39H42FN7O9.C2H6/c1-21-11-24-23(26-18-47-31(35(26)46-29(24)14-28(21)40)13-25-27(38(47)53)19-56-39(54)36(25)51)9-5-6-10-55-20-44-33(49)16-43-37(52)30(12-22-7-3-2-4-8-22)45-34(50)17-42-32(48)15-41;1-2/h2-4,7-8,11,13-14,30,36,51H,5-6,9-10,12,15-20,41H2,1H3,(H,42,48)(H,43,52)(H,44,49)(H,45,50);1-2H3/t30-,36?;/m0./s1. The smallest absolute Gasteiger partial charge is 0.340 e. The number of aliphatic hydroxyl groups is 1. The maximum absolute atomic E-state index is 14.7. The van der Waals surface area contributed by atoms with Gasteiger partial charge in [-0.2, -0.15) is 0 Å². The van der Waals surface area contributed by atoms with Gasteiger partial charge in [-0.3, -0.25) is 24.0 Å². The Balaban J connectivity index is 0.00000315. The van der Waals surface area contributed by atoms with Gasteiger partial charge < -0.3 is 46.1 Å². The SMILES string of the molecule is CC.Cc1cc2c(CCCCOCNC(=O)CNC(=O)[C@H](Cc3ccccc3)NC(=O)CNC(=O)CN)c3c(nc2cc1F)-c1cc2c(c(=O)n1C3)COC(=O)C2O. The van der Waals surface area contributed by atoms with Crippen molar-refractivity contribution < 1.29 is 42.9 Å². The molecule has 0 radical (unpaired) electrons. The number of aromatic nitrogens is 2. The zero-order valence-electron chi connectivity index (χ0n) is 32.6. The molecule has 4 amide bonds. The Kier molecular flexibility index (Phi) is 14.8. The zero-order chi connectivity index (χ0) is 41.9. The monoisotopic (exact) mass is 801 g/mol. The van der Waals surface area contributed by atoms with Crippen molar-refractivity contribution in [2.75, 3.05) is 33.0 Å². The van der Waals surface area contributed by atoms with Gasteiger partial charge in [0.25, 0.3) is 5.56 Å². The lowest BCUT2D eigenvalue weighted by Gasteiger charge is -2.21. The first kappa shape index (κ1) is 43.1. The minimum absolute atomic E-state index is 0.118. The molecule has 0 fully saturated rings. The third-order valence-corrected chi connectivity index (χ3v) is 9.68. The van der Waals surface area contributed by atoms with Gasteiger partial charge in [0, 0.05) is 35.6 Å². The number of amides is 4. The highest BCUT2D eigenvalue weighted by Gasteiger charge is 2.35. The maximum Gasteiger partial charge on any atom is 0.340 e. The first-order chi connectivity index (χ1) is 27.9. The molecule has 17 heteroatoms. The Labute approximate surface area is 333 Å². The van der Waals surface area contributed by atoms with Gasteiger partial charge in [0.15, 0.2) is 6.10 Å². The van der Waals surface area contributed by atoms with Gasteiger partial charge in [0.2, 0.25) is 23.6 Å². The molecule has 0 saturated carbocycles. The van der Waals surface area contributed by atoms with Crippen LogP contribution in [0.3, 0.4) is 0 Å². The summed E-state index contributed by atoms with van der Waals surface area (Å²) in [5, 5.41) is 21.3. The number of halogens is 1. The summed E-state index contributed by atoms with van der Waals surface area (Å²) in [7, 11) is 0. The maximum atomic E-state index is 14.7. The van der Waals surface area contributed by atoms with Crippen molar-refractivity contribution in [2.45, 2.75) is 71.8 Å². The summed E-state index contributed by atoms with van der Waals surface area (Å²) in [6.45, 7) is 4.78. The summed E-state index contributed by atoms with van der Waals surface area (Å²) < 4.78 is 26.9. The Morgan fingerprint density at radius 3 is 2.48 bits per heavy atom. The van der Waals surface area contributed by atoms with Gasteiger partial charge >= 0.3 is 5.97 Å². The van der Waals surface area contributed by atoms with Crippen LogP contribution >= 0.6 is 0 Å². The first-order valence-corrected chi connectivity index (χ1v) is 19.1. The van der Waals surface area contributed by atoms with E-state index in [1.54, 1.807) is 43.3 Å². The third kappa shape index (κ3) is 10.1. The molecule has 308 valence electrons. The number of cyclic esters (lactones) is 1. The van der Waals surface area contributed by atoms with E-state index in [4.69, 9.17) is 20.2 Å². The number of ether oxygens (including phenoxy) is 2. The van der Waals surface area contributed by atoms with Crippen LogP contribution < -0.4 is 32.6 Å². The van der Waals surface area contributed by atoms with E-state index >= 15 is 0 Å². The van der Waals surface area contributed by atoms with Crippen molar-refractivity contribution in [3.05, 3.63) is 98.1 Å². The van der Waals surface area contributed by atoms with Crippen LogP contribution in [0.15, 0.2) is 53.3 Å². The average Bonchev–Trinajstić information content (AvgIpc) is 3.59. The molecule has 2 aromatic carbocycles. The number of aryl methyl sites for hydroxylation is 2. The number of nitrogens with one attached hydrogen (secondary N) is 4. The van der Waals surface area contributed by atoms with Crippen LogP contribution in [0.2, 0.25) is 0 Å². The molecule has 7 N–H and O–H groups in total. The lowest BCUT2D eigenvalue weighted by atomic mass is 9.94. The van der Waals surface area contributed by atoms with Crippen LogP contribution in [-0.2, 0) is 59.4 Å². The third-order valence-electron chi connectivity index (χ3n) is 9.68. The van der Waals surface area contributed by atoms with E-state index < -0.39 is 53.1 Å². The number of carbonyl (C=O) groups is 5. The Bertz CT molecular complexity index is 2250. The second-order valence-electron chi connectivity index (χ2n) is 13.5. The topological polar surface area (TPSA) is 233 Å². The number of unbranched alkanes of at least 4 members (excludes halogenated alkanes) is 1. The van der Waals surface area contributed by atoms with E-state index in [1.807, 2.05) is 19.9 Å². The molecule has 4 heterocycles. The summed E-state index contributed by atoms with van der Waals surface area (Å²) in [6.07, 6.45) is 0.328. The number of pyridine rings is 2. The minimum atomic E-state index is -1.59. The summed E-state index contributed by atoms with van der Waals surface area (Å²) in [6, 6.07) is 12.7.